The smallest absolute Gasteiger partial charge is 0.211 e. The van der Waals surface area contributed by atoms with Crippen LogP contribution in [0, 0.1) is 6.92 Å². The molecule has 2 aromatic heterocycles. The van der Waals surface area contributed by atoms with E-state index in [2.05, 4.69) is 20.3 Å². The lowest BCUT2D eigenvalue weighted by atomic mass is 10.3. The van der Waals surface area contributed by atoms with E-state index in [4.69, 9.17) is 0 Å². The summed E-state index contributed by atoms with van der Waals surface area (Å²) < 4.78 is 0. The molecule has 1 amide bonds. The molecule has 5 nitrogen and oxygen atoms in total. The Labute approximate surface area is 109 Å². The number of aromatic amines is 1. The van der Waals surface area contributed by atoms with Crippen molar-refractivity contribution in [2.45, 2.75) is 6.92 Å². The average molecular weight is 252 g/mol. The summed E-state index contributed by atoms with van der Waals surface area (Å²) in [6.45, 7) is 1.94. The number of fused-ring (bicyclic) bond motifs is 1. The van der Waals surface area contributed by atoms with Crippen LogP contribution in [0.5, 0.6) is 0 Å². The first kappa shape index (κ1) is 11.4. The maximum atomic E-state index is 10.6. The van der Waals surface area contributed by atoms with Crippen LogP contribution in [0.3, 0.4) is 0 Å². The maximum absolute atomic E-state index is 10.6. The summed E-state index contributed by atoms with van der Waals surface area (Å²) in [5.74, 6) is 0.693. The minimum atomic E-state index is 0.647. The topological polar surface area (TPSA) is 70.7 Å². The van der Waals surface area contributed by atoms with E-state index in [0.29, 0.717) is 17.9 Å². The zero-order chi connectivity index (χ0) is 13.2. The molecule has 3 rings (SSSR count). The molecule has 0 saturated heterocycles. The first-order valence-electron chi connectivity index (χ1n) is 5.91. The minimum Gasteiger partial charge on any atom is -0.337 e. The van der Waals surface area contributed by atoms with Gasteiger partial charge in [-0.1, -0.05) is 12.1 Å². The number of aromatic nitrogens is 3. The SMILES string of the molecule is Cc1cccc(-c2nc3c(NC=O)cccc3[nH]2)n1. The molecule has 5 heteroatoms. The molecule has 0 saturated carbocycles. The fourth-order valence-electron chi connectivity index (χ4n) is 2.01. The number of nitrogens with zero attached hydrogens (tertiary/aromatic N) is 2. The number of carbonyl (C=O) groups excluding carboxylic acids is 1. The number of nitrogens with one attached hydrogen (secondary N) is 2. The molecule has 0 atom stereocenters. The van der Waals surface area contributed by atoms with Crippen molar-refractivity contribution < 1.29 is 4.79 Å². The quantitative estimate of drug-likeness (QED) is 0.703. The van der Waals surface area contributed by atoms with Gasteiger partial charge in [0.25, 0.3) is 0 Å². The van der Waals surface area contributed by atoms with Crippen molar-refractivity contribution >= 4 is 23.1 Å². The van der Waals surface area contributed by atoms with Gasteiger partial charge >= 0.3 is 0 Å². The van der Waals surface area contributed by atoms with E-state index in [-0.39, 0.29) is 0 Å². The number of aryl methyl sites for hydroxylation is 1. The number of pyridine rings is 1. The van der Waals surface area contributed by atoms with Gasteiger partial charge in [0.2, 0.25) is 6.41 Å². The molecule has 0 aliphatic carbocycles. The molecular weight excluding hydrogens is 240 g/mol. The van der Waals surface area contributed by atoms with Crippen LogP contribution >= 0.6 is 0 Å². The van der Waals surface area contributed by atoms with Crippen LogP contribution in [0.1, 0.15) is 5.69 Å². The summed E-state index contributed by atoms with van der Waals surface area (Å²) in [5, 5.41) is 2.64. The zero-order valence-corrected chi connectivity index (χ0v) is 10.3. The Morgan fingerprint density at radius 3 is 2.79 bits per heavy atom. The minimum absolute atomic E-state index is 0.647. The normalized spacial score (nSPS) is 10.6. The van der Waals surface area contributed by atoms with Gasteiger partial charge < -0.3 is 10.3 Å². The number of hydrogen-bond donors (Lipinski definition) is 2. The highest BCUT2D eigenvalue weighted by molar-refractivity contribution is 5.94. The van der Waals surface area contributed by atoms with Crippen molar-refractivity contribution in [3.8, 4) is 11.5 Å². The lowest BCUT2D eigenvalue weighted by molar-refractivity contribution is -0.105. The van der Waals surface area contributed by atoms with Gasteiger partial charge in [0.1, 0.15) is 11.2 Å². The second kappa shape index (κ2) is 4.53. The standard InChI is InChI=1S/C14H12N4O/c1-9-4-2-7-12(16-9)14-17-11-6-3-5-10(15-8-19)13(11)18-14/h2-8H,1H3,(H,15,19)(H,17,18). The van der Waals surface area contributed by atoms with Crippen LogP contribution in [0.2, 0.25) is 0 Å². The van der Waals surface area contributed by atoms with Crippen molar-refractivity contribution in [2.75, 3.05) is 5.32 Å². The second-order valence-corrected chi connectivity index (χ2v) is 4.21. The third kappa shape index (κ3) is 2.06. The first-order valence-corrected chi connectivity index (χ1v) is 5.91. The van der Waals surface area contributed by atoms with Gasteiger partial charge in [-0.25, -0.2) is 9.97 Å². The van der Waals surface area contributed by atoms with Gasteiger partial charge in [0, 0.05) is 5.69 Å². The Morgan fingerprint density at radius 2 is 2.00 bits per heavy atom. The third-order valence-electron chi connectivity index (χ3n) is 2.86. The first-order chi connectivity index (χ1) is 9.28. The van der Waals surface area contributed by atoms with Crippen LogP contribution in [0.15, 0.2) is 36.4 Å². The van der Waals surface area contributed by atoms with Crippen molar-refractivity contribution in [3.05, 3.63) is 42.1 Å². The van der Waals surface area contributed by atoms with Crippen LogP contribution in [-0.4, -0.2) is 21.4 Å². The molecule has 3 aromatic rings. The van der Waals surface area contributed by atoms with E-state index in [1.807, 2.05) is 43.3 Å². The number of imidazole rings is 1. The highest BCUT2D eigenvalue weighted by Gasteiger charge is 2.09. The van der Waals surface area contributed by atoms with Crippen molar-refractivity contribution in [1.29, 1.82) is 0 Å². The van der Waals surface area contributed by atoms with Gasteiger partial charge in [-0.05, 0) is 31.2 Å². The number of carbonyl (C=O) groups is 1. The lowest BCUT2D eigenvalue weighted by Gasteiger charge is -1.97. The van der Waals surface area contributed by atoms with Gasteiger partial charge in [0.15, 0.2) is 5.82 Å². The van der Waals surface area contributed by atoms with E-state index >= 15 is 0 Å². The number of amides is 1. The molecule has 19 heavy (non-hydrogen) atoms. The van der Waals surface area contributed by atoms with Gasteiger partial charge in [-0.3, -0.25) is 4.79 Å². The molecule has 0 aliphatic heterocycles. The Bertz CT molecular complexity index is 748. The Hall–Kier alpha value is -2.69. The van der Waals surface area contributed by atoms with Gasteiger partial charge in [-0.2, -0.15) is 0 Å². The predicted molar refractivity (Wildman–Crippen MR) is 73.7 cm³/mol. The Balaban J connectivity index is 2.16. The third-order valence-corrected chi connectivity index (χ3v) is 2.86. The van der Waals surface area contributed by atoms with Gasteiger partial charge in [0.05, 0.1) is 11.2 Å². The van der Waals surface area contributed by atoms with Crippen molar-refractivity contribution in [3.63, 3.8) is 0 Å². The maximum Gasteiger partial charge on any atom is 0.211 e. The number of hydrogen-bond acceptors (Lipinski definition) is 3. The van der Waals surface area contributed by atoms with E-state index < -0.39 is 0 Å². The van der Waals surface area contributed by atoms with Crippen LogP contribution in [-0.2, 0) is 4.79 Å². The summed E-state index contributed by atoms with van der Waals surface area (Å²) in [6.07, 6.45) is 0.647. The number of H-pyrrole nitrogens is 1. The Morgan fingerprint density at radius 1 is 1.16 bits per heavy atom. The molecule has 0 spiro atoms. The highest BCUT2D eigenvalue weighted by atomic mass is 16.1. The summed E-state index contributed by atoms with van der Waals surface area (Å²) in [7, 11) is 0. The largest absolute Gasteiger partial charge is 0.337 e. The number of benzene rings is 1. The molecular formula is C14H12N4O. The average Bonchev–Trinajstić information content (AvgIpc) is 2.84. The van der Waals surface area contributed by atoms with Crippen LogP contribution < -0.4 is 5.32 Å². The fourth-order valence-corrected chi connectivity index (χ4v) is 2.01. The lowest BCUT2D eigenvalue weighted by Crippen LogP contribution is -1.94. The summed E-state index contributed by atoms with van der Waals surface area (Å²) in [4.78, 5) is 22.7. The summed E-state index contributed by atoms with van der Waals surface area (Å²) in [6, 6.07) is 11.4. The number of anilines is 1. The van der Waals surface area contributed by atoms with E-state index in [0.717, 1.165) is 22.4 Å². The molecule has 0 radical (unpaired) electrons. The molecule has 94 valence electrons. The summed E-state index contributed by atoms with van der Waals surface area (Å²) in [5.41, 5.74) is 4.00. The molecule has 0 bridgehead atoms. The molecule has 0 aliphatic rings. The van der Waals surface area contributed by atoms with E-state index in [1.54, 1.807) is 0 Å². The fraction of sp³-hybridized carbons (Fsp3) is 0.0714. The highest BCUT2D eigenvalue weighted by Crippen LogP contribution is 2.24. The van der Waals surface area contributed by atoms with Gasteiger partial charge in [-0.15, -0.1) is 0 Å². The number of rotatable bonds is 3. The number of para-hydroxylation sites is 1. The van der Waals surface area contributed by atoms with Crippen LogP contribution in [0.25, 0.3) is 22.6 Å². The van der Waals surface area contributed by atoms with Crippen molar-refractivity contribution in [1.82, 2.24) is 15.0 Å². The molecule has 0 fully saturated rings. The molecule has 0 unspecified atom stereocenters. The van der Waals surface area contributed by atoms with E-state index in [9.17, 15) is 4.79 Å². The zero-order valence-electron chi connectivity index (χ0n) is 10.3. The molecule has 1 aromatic carbocycles. The van der Waals surface area contributed by atoms with E-state index in [1.165, 1.54) is 0 Å². The van der Waals surface area contributed by atoms with Crippen molar-refractivity contribution in [2.24, 2.45) is 0 Å². The monoisotopic (exact) mass is 252 g/mol. The predicted octanol–water partition coefficient (Wildman–Crippen LogP) is 2.50. The summed E-state index contributed by atoms with van der Waals surface area (Å²) >= 11 is 0. The molecule has 2 N–H and O–H groups in total. The molecule has 2 heterocycles. The Kier molecular flexibility index (Phi) is 2.72. The van der Waals surface area contributed by atoms with Crippen LogP contribution in [0.4, 0.5) is 5.69 Å². The second-order valence-electron chi connectivity index (χ2n) is 4.21.